The lowest BCUT2D eigenvalue weighted by molar-refractivity contribution is 0.180. The monoisotopic (exact) mass is 311 g/mol. The minimum Gasteiger partial charge on any atom is -0.383 e. The minimum absolute atomic E-state index is 0.338. The van der Waals surface area contributed by atoms with Crippen LogP contribution >= 0.6 is 11.6 Å². The third-order valence-corrected chi connectivity index (χ3v) is 5.29. The Morgan fingerprint density at radius 1 is 1.43 bits per heavy atom. The summed E-state index contributed by atoms with van der Waals surface area (Å²) in [5, 5.41) is 8.97. The van der Waals surface area contributed by atoms with Crippen molar-refractivity contribution in [3.63, 3.8) is 0 Å². The summed E-state index contributed by atoms with van der Waals surface area (Å²) in [6.45, 7) is 4.67. The second-order valence-corrected chi connectivity index (χ2v) is 6.92. The Morgan fingerprint density at radius 3 is 2.86 bits per heavy atom. The number of fused-ring (bicyclic) bond motifs is 1. The van der Waals surface area contributed by atoms with Gasteiger partial charge in [0.2, 0.25) is 0 Å². The van der Waals surface area contributed by atoms with Gasteiger partial charge in [-0.2, -0.15) is 5.10 Å². The van der Waals surface area contributed by atoms with Crippen LogP contribution in [0, 0.1) is 17.8 Å². The van der Waals surface area contributed by atoms with Gasteiger partial charge in [-0.3, -0.25) is 4.68 Å². The lowest BCUT2D eigenvalue weighted by atomic mass is 9.91. The number of hydrogen-bond donors (Lipinski definition) is 1. The summed E-state index contributed by atoms with van der Waals surface area (Å²) in [4.78, 5) is 0. The van der Waals surface area contributed by atoms with Crippen molar-refractivity contribution in [1.29, 1.82) is 0 Å². The molecule has 3 unspecified atom stereocenters. The maximum absolute atomic E-state index is 6.46. The van der Waals surface area contributed by atoms with Gasteiger partial charge in [0.05, 0.1) is 36.1 Å². The van der Waals surface area contributed by atoms with Crippen molar-refractivity contribution in [1.82, 2.24) is 15.1 Å². The topological polar surface area (TPSA) is 39.1 Å². The van der Waals surface area contributed by atoms with Gasteiger partial charge < -0.3 is 10.1 Å². The minimum atomic E-state index is 0.338. The zero-order valence-electron chi connectivity index (χ0n) is 13.0. The van der Waals surface area contributed by atoms with Crippen molar-refractivity contribution in [2.24, 2.45) is 17.8 Å². The Hall–Kier alpha value is -0.580. The number of aromatic nitrogens is 2. The molecule has 0 aromatic carbocycles. The van der Waals surface area contributed by atoms with Crippen LogP contribution in [0.1, 0.15) is 44.3 Å². The summed E-state index contributed by atoms with van der Waals surface area (Å²) in [6, 6.07) is 0.338. The fraction of sp³-hybridized carbons (Fsp3) is 0.812. The largest absolute Gasteiger partial charge is 0.383 e. The van der Waals surface area contributed by atoms with E-state index in [1.165, 1.54) is 19.3 Å². The second kappa shape index (κ2) is 6.67. The quantitative estimate of drug-likeness (QED) is 0.801. The van der Waals surface area contributed by atoms with Gasteiger partial charge in [0.25, 0.3) is 0 Å². The molecule has 1 N–H and O–H groups in total. The summed E-state index contributed by atoms with van der Waals surface area (Å²) in [5.41, 5.74) is 1.16. The predicted octanol–water partition coefficient (Wildman–Crippen LogP) is 3.27. The van der Waals surface area contributed by atoms with Gasteiger partial charge in [-0.25, -0.2) is 0 Å². The Kier molecular flexibility index (Phi) is 4.87. The van der Waals surface area contributed by atoms with Crippen LogP contribution < -0.4 is 5.32 Å². The summed E-state index contributed by atoms with van der Waals surface area (Å²) in [6.07, 6.45) is 7.06. The molecule has 0 spiro atoms. The maximum atomic E-state index is 6.46. The number of ether oxygens (including phenoxy) is 1. The molecule has 2 aliphatic carbocycles. The van der Waals surface area contributed by atoms with E-state index in [-0.39, 0.29) is 0 Å². The van der Waals surface area contributed by atoms with Crippen LogP contribution in [0.25, 0.3) is 0 Å². The smallest absolute Gasteiger partial charge is 0.0834 e. The van der Waals surface area contributed by atoms with Gasteiger partial charge in [-0.1, -0.05) is 18.5 Å². The molecule has 1 heterocycles. The molecule has 1 aromatic rings. The zero-order valence-corrected chi connectivity index (χ0v) is 13.8. The first kappa shape index (κ1) is 15.3. The first-order valence-corrected chi connectivity index (χ1v) is 8.55. The van der Waals surface area contributed by atoms with E-state index in [2.05, 4.69) is 17.3 Å². The summed E-state index contributed by atoms with van der Waals surface area (Å²) in [5.74, 6) is 2.67. The fourth-order valence-corrected chi connectivity index (χ4v) is 4.12. The number of nitrogens with one attached hydrogen (secondary N) is 1. The second-order valence-electron chi connectivity index (χ2n) is 6.51. The Balaban J connectivity index is 1.79. The number of methoxy groups -OCH3 is 1. The fourth-order valence-electron chi connectivity index (χ4n) is 3.86. The van der Waals surface area contributed by atoms with Gasteiger partial charge in [0, 0.05) is 7.11 Å². The Morgan fingerprint density at radius 2 is 2.19 bits per heavy atom. The molecule has 0 radical (unpaired) electrons. The van der Waals surface area contributed by atoms with Gasteiger partial charge in [0.1, 0.15) is 0 Å². The van der Waals surface area contributed by atoms with E-state index >= 15 is 0 Å². The number of hydrogen-bond acceptors (Lipinski definition) is 3. The molecule has 4 nitrogen and oxygen atoms in total. The normalized spacial score (nSPS) is 28.6. The molecule has 2 aliphatic rings. The van der Waals surface area contributed by atoms with E-state index in [1.54, 1.807) is 13.3 Å². The molecule has 1 aromatic heterocycles. The molecule has 0 aliphatic heterocycles. The third-order valence-electron chi connectivity index (χ3n) is 5.00. The highest BCUT2D eigenvalue weighted by Crippen LogP contribution is 2.57. The molecule has 2 saturated carbocycles. The first-order valence-electron chi connectivity index (χ1n) is 8.18. The van der Waals surface area contributed by atoms with E-state index in [4.69, 9.17) is 16.3 Å². The van der Waals surface area contributed by atoms with Crippen LogP contribution in [0.3, 0.4) is 0 Å². The molecule has 3 rings (SSSR count). The SMILES string of the molecule is CCCNC(c1c(Cl)cnn1CCOC)C1CC2CC2C1. The van der Waals surface area contributed by atoms with Crippen LogP contribution in [0.4, 0.5) is 0 Å². The van der Waals surface area contributed by atoms with E-state index in [0.717, 1.165) is 42.1 Å². The molecule has 0 bridgehead atoms. The van der Waals surface area contributed by atoms with Crippen LogP contribution in [-0.4, -0.2) is 30.0 Å². The van der Waals surface area contributed by atoms with Crippen LogP contribution in [0.2, 0.25) is 5.02 Å². The molecule has 2 fully saturated rings. The molecular formula is C16H26ClN3O. The highest BCUT2D eigenvalue weighted by atomic mass is 35.5. The Bertz CT molecular complexity index is 466. The molecule has 0 amide bonds. The van der Waals surface area contributed by atoms with Gasteiger partial charge in [-0.05, 0) is 50.0 Å². The van der Waals surface area contributed by atoms with Crippen molar-refractivity contribution in [2.45, 2.75) is 45.2 Å². The zero-order chi connectivity index (χ0) is 14.8. The van der Waals surface area contributed by atoms with E-state index in [0.29, 0.717) is 18.6 Å². The van der Waals surface area contributed by atoms with E-state index in [9.17, 15) is 0 Å². The van der Waals surface area contributed by atoms with Crippen molar-refractivity contribution in [3.05, 3.63) is 16.9 Å². The number of halogens is 1. The van der Waals surface area contributed by atoms with Crippen LogP contribution in [-0.2, 0) is 11.3 Å². The van der Waals surface area contributed by atoms with Crippen LogP contribution in [0.15, 0.2) is 6.20 Å². The van der Waals surface area contributed by atoms with Crippen molar-refractivity contribution in [3.8, 4) is 0 Å². The van der Waals surface area contributed by atoms with Gasteiger partial charge in [-0.15, -0.1) is 0 Å². The third kappa shape index (κ3) is 3.27. The molecule has 3 atom stereocenters. The van der Waals surface area contributed by atoms with Crippen molar-refractivity contribution in [2.75, 3.05) is 20.3 Å². The van der Waals surface area contributed by atoms with Gasteiger partial charge in [0.15, 0.2) is 0 Å². The Labute approximate surface area is 132 Å². The van der Waals surface area contributed by atoms with E-state index in [1.807, 2.05) is 4.68 Å². The highest BCUT2D eigenvalue weighted by Gasteiger charge is 2.48. The molecule has 5 heteroatoms. The summed E-state index contributed by atoms with van der Waals surface area (Å²) in [7, 11) is 1.72. The van der Waals surface area contributed by atoms with Crippen molar-refractivity contribution >= 4 is 11.6 Å². The number of rotatable bonds is 8. The van der Waals surface area contributed by atoms with E-state index < -0.39 is 0 Å². The van der Waals surface area contributed by atoms with Gasteiger partial charge >= 0.3 is 0 Å². The van der Waals surface area contributed by atoms with Crippen molar-refractivity contribution < 1.29 is 4.74 Å². The number of nitrogens with zero attached hydrogens (tertiary/aromatic N) is 2. The standard InChI is InChI=1S/C16H26ClN3O/c1-3-4-18-15(13-8-11-7-12(11)9-13)16-14(17)10-19-20(16)5-6-21-2/h10-13,15,18H,3-9H2,1-2H3. The predicted molar refractivity (Wildman–Crippen MR) is 84.5 cm³/mol. The highest BCUT2D eigenvalue weighted by molar-refractivity contribution is 6.31. The lowest BCUT2D eigenvalue weighted by Gasteiger charge is -2.27. The average Bonchev–Trinajstić information content (AvgIpc) is 2.92. The maximum Gasteiger partial charge on any atom is 0.0834 e. The molecule has 0 saturated heterocycles. The molecule has 118 valence electrons. The summed E-state index contributed by atoms with van der Waals surface area (Å²) < 4.78 is 7.23. The lowest BCUT2D eigenvalue weighted by Crippen LogP contribution is -2.31. The molecule has 21 heavy (non-hydrogen) atoms. The van der Waals surface area contributed by atoms with Crippen LogP contribution in [0.5, 0.6) is 0 Å². The summed E-state index contributed by atoms with van der Waals surface area (Å²) >= 11 is 6.46. The average molecular weight is 312 g/mol. The molecular weight excluding hydrogens is 286 g/mol. The first-order chi connectivity index (χ1) is 10.2.